The maximum Gasteiger partial charge on any atom is 0.228 e. The number of fused-ring (bicyclic) bond motifs is 1. The van der Waals surface area contributed by atoms with Crippen LogP contribution in [0.25, 0.3) is 16.6 Å². The van der Waals surface area contributed by atoms with Gasteiger partial charge in [-0.3, -0.25) is 9.69 Å². The maximum atomic E-state index is 12.3. The summed E-state index contributed by atoms with van der Waals surface area (Å²) in [4.78, 5) is 22.5. The number of benzene rings is 1. The standard InChI is InChI=1S/C17H14Cl2N4O2/c18-12-3-2-11-13(22-6-5-20-9-22)7-14(21-17(11)16(12)19)23-10(8-24)1-4-15(23)25/h2-3,5-7,9-10,24H,1,4,8H2/t10-/m0/s1. The lowest BCUT2D eigenvalue weighted by Gasteiger charge is -2.23. The SMILES string of the molecule is O=C1CC[C@@H](CO)N1c1cc(-n2ccnc2)c2ccc(Cl)c(Cl)c2n1. The van der Waals surface area contributed by atoms with Crippen molar-refractivity contribution in [1.82, 2.24) is 14.5 Å². The molecule has 3 heterocycles. The van der Waals surface area contributed by atoms with Crippen molar-refractivity contribution in [2.75, 3.05) is 11.5 Å². The van der Waals surface area contributed by atoms with Gasteiger partial charge in [0.25, 0.3) is 0 Å². The Morgan fingerprint density at radius 3 is 2.88 bits per heavy atom. The Kier molecular flexibility index (Phi) is 4.11. The lowest BCUT2D eigenvalue weighted by molar-refractivity contribution is -0.117. The Morgan fingerprint density at radius 2 is 2.16 bits per heavy atom. The number of hydrogen-bond acceptors (Lipinski definition) is 4. The Morgan fingerprint density at radius 1 is 1.32 bits per heavy atom. The molecule has 25 heavy (non-hydrogen) atoms. The molecule has 128 valence electrons. The van der Waals surface area contributed by atoms with Crippen LogP contribution >= 0.6 is 23.2 Å². The first kappa shape index (κ1) is 16.3. The highest BCUT2D eigenvalue weighted by molar-refractivity contribution is 6.45. The summed E-state index contributed by atoms with van der Waals surface area (Å²) in [6.45, 7) is -0.116. The number of imidazole rings is 1. The van der Waals surface area contributed by atoms with Gasteiger partial charge in [-0.05, 0) is 18.6 Å². The molecule has 6 nitrogen and oxygen atoms in total. The molecule has 0 spiro atoms. The second-order valence-electron chi connectivity index (χ2n) is 5.87. The molecule has 1 fully saturated rings. The molecule has 0 aliphatic carbocycles. The molecular formula is C17H14Cl2N4O2. The van der Waals surface area contributed by atoms with Crippen molar-refractivity contribution >= 4 is 45.8 Å². The lowest BCUT2D eigenvalue weighted by atomic mass is 10.1. The van der Waals surface area contributed by atoms with Gasteiger partial charge in [0.2, 0.25) is 5.91 Å². The third-order valence-corrected chi connectivity index (χ3v) is 5.20. The van der Waals surface area contributed by atoms with Crippen LogP contribution in [0.5, 0.6) is 0 Å². The number of aliphatic hydroxyl groups excluding tert-OH is 1. The third-order valence-electron chi connectivity index (χ3n) is 4.40. The van der Waals surface area contributed by atoms with Gasteiger partial charge in [-0.2, -0.15) is 0 Å². The summed E-state index contributed by atoms with van der Waals surface area (Å²) < 4.78 is 1.83. The van der Waals surface area contributed by atoms with Crippen LogP contribution in [0.15, 0.2) is 36.9 Å². The van der Waals surface area contributed by atoms with Crippen LogP contribution in [0.3, 0.4) is 0 Å². The van der Waals surface area contributed by atoms with Gasteiger partial charge >= 0.3 is 0 Å². The molecular weight excluding hydrogens is 363 g/mol. The molecule has 0 radical (unpaired) electrons. The molecule has 1 saturated heterocycles. The molecule has 4 rings (SSSR count). The van der Waals surface area contributed by atoms with Gasteiger partial charge in [0, 0.05) is 30.3 Å². The second kappa shape index (κ2) is 6.29. The summed E-state index contributed by atoms with van der Waals surface area (Å²) in [5.41, 5.74) is 1.29. The summed E-state index contributed by atoms with van der Waals surface area (Å²) in [5, 5.41) is 11.1. The van der Waals surface area contributed by atoms with Crippen molar-refractivity contribution < 1.29 is 9.90 Å². The molecule has 0 unspecified atom stereocenters. The van der Waals surface area contributed by atoms with Gasteiger partial charge in [-0.15, -0.1) is 0 Å². The molecule has 3 aromatic rings. The van der Waals surface area contributed by atoms with Crippen molar-refractivity contribution in [3.05, 3.63) is 47.0 Å². The molecule has 1 amide bonds. The van der Waals surface area contributed by atoms with E-state index in [1.165, 1.54) is 4.90 Å². The summed E-state index contributed by atoms with van der Waals surface area (Å²) in [6, 6.07) is 5.07. The fraction of sp³-hybridized carbons (Fsp3) is 0.235. The topological polar surface area (TPSA) is 71.2 Å². The first-order chi connectivity index (χ1) is 12.1. The van der Waals surface area contributed by atoms with Crippen LogP contribution in [0.4, 0.5) is 5.82 Å². The van der Waals surface area contributed by atoms with Crippen LogP contribution in [-0.2, 0) is 4.79 Å². The van der Waals surface area contributed by atoms with E-state index >= 15 is 0 Å². The Balaban J connectivity index is 2.00. The molecule has 1 aliphatic heterocycles. The zero-order valence-corrected chi connectivity index (χ0v) is 14.6. The number of hydrogen-bond donors (Lipinski definition) is 1. The van der Waals surface area contributed by atoms with Gasteiger partial charge in [-0.25, -0.2) is 9.97 Å². The first-order valence-electron chi connectivity index (χ1n) is 7.80. The van der Waals surface area contributed by atoms with Gasteiger partial charge in [0.1, 0.15) is 5.82 Å². The van der Waals surface area contributed by atoms with E-state index in [0.29, 0.717) is 34.2 Å². The molecule has 1 aliphatic rings. The largest absolute Gasteiger partial charge is 0.394 e. The van der Waals surface area contributed by atoms with E-state index in [1.54, 1.807) is 30.9 Å². The van der Waals surface area contributed by atoms with E-state index in [1.807, 2.05) is 10.6 Å². The van der Waals surface area contributed by atoms with E-state index in [4.69, 9.17) is 23.2 Å². The lowest BCUT2D eigenvalue weighted by Crippen LogP contribution is -2.36. The summed E-state index contributed by atoms with van der Waals surface area (Å²) >= 11 is 12.5. The molecule has 0 saturated carbocycles. The highest BCUT2D eigenvalue weighted by Gasteiger charge is 2.33. The highest BCUT2D eigenvalue weighted by Crippen LogP contribution is 2.36. The fourth-order valence-corrected chi connectivity index (χ4v) is 3.53. The predicted molar refractivity (Wildman–Crippen MR) is 96.5 cm³/mol. The molecule has 1 atom stereocenters. The third kappa shape index (κ3) is 2.66. The molecule has 2 aromatic heterocycles. The quantitative estimate of drug-likeness (QED) is 0.761. The number of aromatic nitrogens is 3. The van der Waals surface area contributed by atoms with Gasteiger partial charge in [-0.1, -0.05) is 23.2 Å². The Hall–Kier alpha value is -2.15. The number of carbonyl (C=O) groups excluding carboxylic acids is 1. The zero-order chi connectivity index (χ0) is 17.6. The minimum absolute atomic E-state index is 0.0689. The minimum Gasteiger partial charge on any atom is -0.394 e. The Labute approximate surface area is 153 Å². The smallest absolute Gasteiger partial charge is 0.228 e. The molecule has 0 bridgehead atoms. The maximum absolute atomic E-state index is 12.3. The first-order valence-corrected chi connectivity index (χ1v) is 8.55. The van der Waals surface area contributed by atoms with E-state index in [2.05, 4.69) is 9.97 Å². The van der Waals surface area contributed by atoms with Crippen molar-refractivity contribution in [3.8, 4) is 5.69 Å². The zero-order valence-electron chi connectivity index (χ0n) is 13.1. The number of nitrogens with zero attached hydrogens (tertiary/aromatic N) is 4. The summed E-state index contributed by atoms with van der Waals surface area (Å²) in [5.74, 6) is 0.377. The van der Waals surface area contributed by atoms with Gasteiger partial charge in [0.05, 0.1) is 40.2 Å². The highest BCUT2D eigenvalue weighted by atomic mass is 35.5. The van der Waals surface area contributed by atoms with Crippen molar-refractivity contribution in [2.45, 2.75) is 18.9 Å². The van der Waals surface area contributed by atoms with E-state index < -0.39 is 0 Å². The van der Waals surface area contributed by atoms with E-state index in [0.717, 1.165) is 11.1 Å². The molecule has 8 heteroatoms. The fourth-order valence-electron chi connectivity index (χ4n) is 3.17. The monoisotopic (exact) mass is 376 g/mol. The normalized spacial score (nSPS) is 17.6. The van der Waals surface area contributed by atoms with Crippen molar-refractivity contribution in [3.63, 3.8) is 0 Å². The number of pyridine rings is 1. The number of halogens is 2. The van der Waals surface area contributed by atoms with E-state index in [-0.39, 0.29) is 18.6 Å². The average Bonchev–Trinajstić information content (AvgIpc) is 3.27. The van der Waals surface area contributed by atoms with Crippen LogP contribution in [-0.4, -0.2) is 38.2 Å². The summed E-state index contributed by atoms with van der Waals surface area (Å²) in [7, 11) is 0. The number of rotatable bonds is 3. The number of carbonyl (C=O) groups is 1. The van der Waals surface area contributed by atoms with E-state index in [9.17, 15) is 9.90 Å². The second-order valence-corrected chi connectivity index (χ2v) is 6.65. The van der Waals surface area contributed by atoms with Crippen molar-refractivity contribution in [2.24, 2.45) is 0 Å². The van der Waals surface area contributed by atoms with Gasteiger partial charge < -0.3 is 9.67 Å². The number of aliphatic hydroxyl groups is 1. The predicted octanol–water partition coefficient (Wildman–Crippen LogP) is 3.22. The minimum atomic E-state index is -0.286. The van der Waals surface area contributed by atoms with Crippen LogP contribution in [0.2, 0.25) is 10.0 Å². The van der Waals surface area contributed by atoms with Gasteiger partial charge in [0.15, 0.2) is 0 Å². The Bertz CT molecular complexity index is 959. The summed E-state index contributed by atoms with van der Waals surface area (Å²) in [6.07, 6.45) is 6.11. The molecule has 1 aromatic carbocycles. The van der Waals surface area contributed by atoms with Crippen molar-refractivity contribution in [1.29, 1.82) is 0 Å². The number of amides is 1. The van der Waals surface area contributed by atoms with Crippen LogP contribution in [0, 0.1) is 0 Å². The molecule has 1 N–H and O–H groups in total. The number of anilines is 1. The average molecular weight is 377 g/mol. The van der Waals surface area contributed by atoms with Crippen LogP contribution in [0.1, 0.15) is 12.8 Å². The van der Waals surface area contributed by atoms with Crippen LogP contribution < -0.4 is 4.90 Å².